The number of anilines is 1. The van der Waals surface area contributed by atoms with E-state index >= 15 is 0 Å². The van der Waals surface area contributed by atoms with Gasteiger partial charge < -0.3 is 10.4 Å². The third-order valence-electron chi connectivity index (χ3n) is 9.45. The molecule has 0 spiro atoms. The van der Waals surface area contributed by atoms with E-state index in [0.29, 0.717) is 36.0 Å². The molecule has 0 radical (unpaired) electrons. The van der Waals surface area contributed by atoms with Crippen LogP contribution < -0.4 is 5.32 Å². The molecule has 0 unspecified atom stereocenters. The fraction of sp³-hybridized carbons (Fsp3) is 0.760. The van der Waals surface area contributed by atoms with Gasteiger partial charge in [-0.1, -0.05) is 19.4 Å². The number of thiazole rings is 1. The van der Waals surface area contributed by atoms with Crippen LogP contribution in [0.15, 0.2) is 17.0 Å². The van der Waals surface area contributed by atoms with E-state index < -0.39 is 5.60 Å². The molecule has 4 nitrogen and oxygen atoms in total. The van der Waals surface area contributed by atoms with Gasteiger partial charge in [0, 0.05) is 23.3 Å². The van der Waals surface area contributed by atoms with Gasteiger partial charge >= 0.3 is 0 Å². The van der Waals surface area contributed by atoms with Crippen LogP contribution in [0.25, 0.3) is 0 Å². The van der Waals surface area contributed by atoms with E-state index in [0.717, 1.165) is 49.4 Å². The summed E-state index contributed by atoms with van der Waals surface area (Å²) in [6, 6.07) is 0.341. The van der Waals surface area contributed by atoms with Crippen LogP contribution in [0.2, 0.25) is 0 Å². The van der Waals surface area contributed by atoms with Gasteiger partial charge in [-0.2, -0.15) is 0 Å². The molecule has 0 amide bonds. The second-order valence-corrected chi connectivity index (χ2v) is 12.0. The van der Waals surface area contributed by atoms with Crippen LogP contribution in [-0.2, 0) is 10.4 Å². The lowest BCUT2D eigenvalue weighted by Crippen LogP contribution is -2.53. The quantitative estimate of drug-likeness (QED) is 0.650. The maximum absolute atomic E-state index is 12.0. The zero-order valence-corrected chi connectivity index (χ0v) is 19.6. The molecule has 30 heavy (non-hydrogen) atoms. The second kappa shape index (κ2) is 6.90. The zero-order valence-electron chi connectivity index (χ0n) is 18.8. The summed E-state index contributed by atoms with van der Waals surface area (Å²) >= 11 is 1.62. The lowest BCUT2D eigenvalue weighted by atomic mass is 9.46. The fourth-order valence-corrected chi connectivity index (χ4v) is 8.70. The highest BCUT2D eigenvalue weighted by atomic mass is 32.1. The number of rotatable bonds is 3. The number of carbonyl (C=O) groups excluding carboxylic acids is 1. The highest BCUT2D eigenvalue weighted by Crippen LogP contribution is 2.69. The van der Waals surface area contributed by atoms with Crippen molar-refractivity contribution in [2.75, 3.05) is 5.32 Å². The highest BCUT2D eigenvalue weighted by Gasteiger charge is 2.65. The molecule has 4 aliphatic carbocycles. The minimum absolute atomic E-state index is 0.112. The van der Waals surface area contributed by atoms with Crippen LogP contribution >= 0.6 is 11.3 Å². The van der Waals surface area contributed by atoms with Gasteiger partial charge in [0.05, 0.1) is 5.69 Å². The second-order valence-electron chi connectivity index (χ2n) is 11.2. The number of hydrogen-bond donors (Lipinski definition) is 2. The molecule has 0 aromatic carbocycles. The fourth-order valence-electron chi connectivity index (χ4n) is 7.77. The van der Waals surface area contributed by atoms with Gasteiger partial charge in [-0.3, -0.25) is 4.79 Å². The molecule has 4 aliphatic rings. The number of ketones is 1. The molecular formula is C25H36N2O2S. The Labute approximate surface area is 184 Å². The van der Waals surface area contributed by atoms with Gasteiger partial charge in [-0.05, 0) is 88.0 Å². The van der Waals surface area contributed by atoms with Gasteiger partial charge in [0.15, 0.2) is 10.9 Å². The minimum Gasteiger partial charge on any atom is -0.383 e. The maximum Gasteiger partial charge on any atom is 0.183 e. The Morgan fingerprint density at radius 2 is 1.90 bits per heavy atom. The molecule has 0 aliphatic heterocycles. The highest BCUT2D eigenvalue weighted by molar-refractivity contribution is 7.13. The molecule has 0 saturated heterocycles. The molecular weight excluding hydrogens is 392 g/mol. The van der Waals surface area contributed by atoms with Crippen LogP contribution in [0.5, 0.6) is 0 Å². The number of nitrogens with zero attached hydrogens (tertiary/aromatic N) is 1. The van der Waals surface area contributed by atoms with E-state index in [9.17, 15) is 9.90 Å². The van der Waals surface area contributed by atoms with Crippen molar-refractivity contribution in [3.05, 3.63) is 22.7 Å². The van der Waals surface area contributed by atoms with Crippen molar-refractivity contribution in [2.24, 2.45) is 28.6 Å². The monoisotopic (exact) mass is 428 g/mol. The number of aliphatic hydroxyl groups is 1. The summed E-state index contributed by atoms with van der Waals surface area (Å²) in [5, 5.41) is 18.4. The molecule has 5 rings (SSSR count). The minimum atomic E-state index is -0.824. The average Bonchev–Trinajstić information content (AvgIpc) is 3.25. The van der Waals surface area contributed by atoms with E-state index in [1.165, 1.54) is 12.0 Å². The lowest BCUT2D eigenvalue weighted by molar-refractivity contribution is -0.135. The SMILES string of the molecule is CC(C)Nc1nc([C@@]2(O)CC[C@H]3[C@@H]4CCC5=CC(=O)CC[C@]5(C)[C@H]4CC[C@@]32C)cs1. The molecule has 1 aromatic heterocycles. The Bertz CT molecular complexity index is 891. The van der Waals surface area contributed by atoms with E-state index in [4.69, 9.17) is 4.98 Å². The van der Waals surface area contributed by atoms with E-state index in [1.807, 2.05) is 6.08 Å². The Morgan fingerprint density at radius 3 is 2.67 bits per heavy atom. The van der Waals surface area contributed by atoms with Gasteiger partial charge in [0.1, 0.15) is 5.60 Å². The van der Waals surface area contributed by atoms with Crippen molar-refractivity contribution in [1.82, 2.24) is 4.98 Å². The van der Waals surface area contributed by atoms with Gasteiger partial charge in [0.25, 0.3) is 0 Å². The molecule has 0 bridgehead atoms. The Balaban J connectivity index is 1.45. The van der Waals surface area contributed by atoms with Crippen molar-refractivity contribution in [1.29, 1.82) is 0 Å². The first-order chi connectivity index (χ1) is 14.2. The van der Waals surface area contributed by atoms with Gasteiger partial charge in [-0.15, -0.1) is 11.3 Å². The number of hydrogen-bond acceptors (Lipinski definition) is 5. The predicted octanol–water partition coefficient (Wildman–Crippen LogP) is 5.68. The summed E-state index contributed by atoms with van der Waals surface area (Å²) in [7, 11) is 0. The zero-order chi connectivity index (χ0) is 21.3. The normalized spacial score (nSPS) is 43.1. The number of aromatic nitrogens is 1. The molecule has 3 saturated carbocycles. The molecule has 3 fully saturated rings. The first-order valence-electron chi connectivity index (χ1n) is 11.9. The molecule has 2 N–H and O–H groups in total. The standard InChI is InChI=1S/C25H36N2O2S/c1-15(2)26-22-27-21(14-30-22)25(29)12-9-20-18-6-5-16-13-17(28)7-10-23(16,3)19(18)8-11-24(20,25)4/h13-15,18-20,29H,5-12H2,1-4H3,(H,26,27)/t18-,19+,20+,23+,24+,25+/m1/s1. The largest absolute Gasteiger partial charge is 0.383 e. The summed E-state index contributed by atoms with van der Waals surface area (Å²) in [5.41, 5.74) is 1.55. The Hall–Kier alpha value is -1.20. The topological polar surface area (TPSA) is 62.2 Å². The lowest BCUT2D eigenvalue weighted by Gasteiger charge is -2.59. The van der Waals surface area contributed by atoms with E-state index in [-0.39, 0.29) is 10.8 Å². The van der Waals surface area contributed by atoms with Crippen molar-refractivity contribution in [2.45, 2.75) is 90.7 Å². The summed E-state index contributed by atoms with van der Waals surface area (Å²) < 4.78 is 0. The number of allylic oxidation sites excluding steroid dienone is 1. The summed E-state index contributed by atoms with van der Waals surface area (Å²) in [5.74, 6) is 2.17. The predicted molar refractivity (Wildman–Crippen MR) is 121 cm³/mol. The smallest absolute Gasteiger partial charge is 0.183 e. The van der Waals surface area contributed by atoms with Crippen LogP contribution in [0.1, 0.15) is 84.8 Å². The first-order valence-corrected chi connectivity index (χ1v) is 12.7. The summed E-state index contributed by atoms with van der Waals surface area (Å²) in [6.07, 6.45) is 10.1. The van der Waals surface area contributed by atoms with Crippen LogP contribution in [0, 0.1) is 28.6 Å². The summed E-state index contributed by atoms with van der Waals surface area (Å²) in [6.45, 7) is 9.01. The molecule has 164 valence electrons. The third kappa shape index (κ3) is 2.80. The van der Waals surface area contributed by atoms with E-state index in [2.05, 4.69) is 38.4 Å². The first kappa shape index (κ1) is 20.7. The Kier molecular flexibility index (Phi) is 4.76. The number of nitrogens with one attached hydrogen (secondary N) is 1. The van der Waals surface area contributed by atoms with Crippen LogP contribution in [-0.4, -0.2) is 21.9 Å². The van der Waals surface area contributed by atoms with E-state index in [1.54, 1.807) is 11.3 Å². The van der Waals surface area contributed by atoms with Crippen molar-refractivity contribution >= 4 is 22.3 Å². The van der Waals surface area contributed by atoms with Gasteiger partial charge in [0.2, 0.25) is 0 Å². The molecule has 6 atom stereocenters. The van der Waals surface area contributed by atoms with Crippen LogP contribution in [0.3, 0.4) is 0 Å². The van der Waals surface area contributed by atoms with Crippen molar-refractivity contribution < 1.29 is 9.90 Å². The van der Waals surface area contributed by atoms with Crippen molar-refractivity contribution in [3.8, 4) is 0 Å². The third-order valence-corrected chi connectivity index (χ3v) is 10.2. The summed E-state index contributed by atoms with van der Waals surface area (Å²) in [4.78, 5) is 16.9. The molecule has 1 heterocycles. The number of fused-ring (bicyclic) bond motifs is 5. The molecule has 5 heteroatoms. The van der Waals surface area contributed by atoms with Crippen molar-refractivity contribution in [3.63, 3.8) is 0 Å². The van der Waals surface area contributed by atoms with Crippen LogP contribution in [0.4, 0.5) is 5.13 Å². The average molecular weight is 429 g/mol. The van der Waals surface area contributed by atoms with Gasteiger partial charge in [-0.25, -0.2) is 4.98 Å². The number of carbonyl (C=O) groups is 1. The molecule has 1 aromatic rings. The maximum atomic E-state index is 12.0. The Morgan fingerprint density at radius 1 is 1.13 bits per heavy atom.